The van der Waals surface area contributed by atoms with Crippen LogP contribution in [0.15, 0.2) is 0 Å². The molecule has 2 aliphatic heterocycles. The molecular formula is C10H18N2O2. The van der Waals surface area contributed by atoms with Gasteiger partial charge in [-0.05, 0) is 26.3 Å². The number of rotatable bonds is 1. The average Bonchev–Trinajstić information content (AvgIpc) is 2.69. The van der Waals surface area contributed by atoms with E-state index in [0.29, 0.717) is 6.61 Å². The lowest BCUT2D eigenvalue weighted by atomic mass is 10.2. The van der Waals surface area contributed by atoms with E-state index in [1.165, 1.54) is 0 Å². The Balaban J connectivity index is 1.89. The molecule has 1 N–H and O–H groups in total. The Kier molecular flexibility index (Phi) is 3.03. The van der Waals surface area contributed by atoms with Crippen LogP contribution in [0, 0.1) is 0 Å². The van der Waals surface area contributed by atoms with E-state index < -0.39 is 0 Å². The van der Waals surface area contributed by atoms with Crippen LogP contribution in [0.5, 0.6) is 0 Å². The molecule has 1 unspecified atom stereocenters. The van der Waals surface area contributed by atoms with E-state index >= 15 is 0 Å². The molecule has 2 rings (SSSR count). The van der Waals surface area contributed by atoms with Crippen molar-refractivity contribution < 1.29 is 9.53 Å². The van der Waals surface area contributed by atoms with Crippen molar-refractivity contribution in [1.82, 2.24) is 10.2 Å². The SMILES string of the molecule is CC1CN(C(=O)[C@H]2CCCN2)CCO1. The summed E-state index contributed by atoms with van der Waals surface area (Å²) in [5.41, 5.74) is 0. The molecule has 0 aromatic rings. The second-order valence-corrected chi connectivity index (χ2v) is 4.11. The van der Waals surface area contributed by atoms with Crippen molar-refractivity contribution in [3.63, 3.8) is 0 Å². The highest BCUT2D eigenvalue weighted by Gasteiger charge is 2.29. The summed E-state index contributed by atoms with van der Waals surface area (Å²) in [5, 5.41) is 3.24. The van der Waals surface area contributed by atoms with Crippen molar-refractivity contribution in [3.8, 4) is 0 Å². The fourth-order valence-electron chi connectivity index (χ4n) is 2.13. The first-order valence-corrected chi connectivity index (χ1v) is 5.41. The van der Waals surface area contributed by atoms with Crippen LogP contribution in [0.25, 0.3) is 0 Å². The quantitative estimate of drug-likeness (QED) is 0.644. The van der Waals surface area contributed by atoms with E-state index in [9.17, 15) is 4.79 Å². The number of morpholine rings is 1. The molecule has 0 bridgehead atoms. The van der Waals surface area contributed by atoms with Crippen LogP contribution in [0.3, 0.4) is 0 Å². The maximum atomic E-state index is 12.0. The van der Waals surface area contributed by atoms with E-state index in [4.69, 9.17) is 4.74 Å². The van der Waals surface area contributed by atoms with Crippen molar-refractivity contribution in [3.05, 3.63) is 0 Å². The Morgan fingerprint density at radius 1 is 1.57 bits per heavy atom. The summed E-state index contributed by atoms with van der Waals surface area (Å²) in [4.78, 5) is 13.9. The van der Waals surface area contributed by atoms with Crippen LogP contribution >= 0.6 is 0 Å². The van der Waals surface area contributed by atoms with E-state index in [1.54, 1.807) is 0 Å². The van der Waals surface area contributed by atoms with Crippen LogP contribution < -0.4 is 5.32 Å². The second-order valence-electron chi connectivity index (χ2n) is 4.11. The van der Waals surface area contributed by atoms with Gasteiger partial charge in [-0.1, -0.05) is 0 Å². The van der Waals surface area contributed by atoms with Gasteiger partial charge in [-0.25, -0.2) is 0 Å². The van der Waals surface area contributed by atoms with Crippen molar-refractivity contribution in [1.29, 1.82) is 0 Å². The third-order valence-corrected chi connectivity index (χ3v) is 2.91. The third-order valence-electron chi connectivity index (χ3n) is 2.91. The van der Waals surface area contributed by atoms with Crippen molar-refractivity contribution in [2.75, 3.05) is 26.2 Å². The first-order chi connectivity index (χ1) is 6.77. The summed E-state index contributed by atoms with van der Waals surface area (Å²) < 4.78 is 5.41. The highest BCUT2D eigenvalue weighted by Crippen LogP contribution is 2.11. The standard InChI is InChI=1S/C10H18N2O2/c1-8-7-12(5-6-14-8)10(13)9-3-2-4-11-9/h8-9,11H,2-7H2,1H3/t8?,9-/m1/s1. The summed E-state index contributed by atoms with van der Waals surface area (Å²) in [7, 11) is 0. The zero-order valence-corrected chi connectivity index (χ0v) is 8.66. The van der Waals surface area contributed by atoms with Gasteiger partial charge >= 0.3 is 0 Å². The van der Waals surface area contributed by atoms with Crippen molar-refractivity contribution in [2.24, 2.45) is 0 Å². The van der Waals surface area contributed by atoms with E-state index in [1.807, 2.05) is 11.8 Å². The van der Waals surface area contributed by atoms with Gasteiger partial charge in [0.2, 0.25) is 5.91 Å². The molecule has 2 saturated heterocycles. The van der Waals surface area contributed by atoms with Crippen LogP contribution in [0.4, 0.5) is 0 Å². The lowest BCUT2D eigenvalue weighted by Crippen LogP contribution is -2.50. The molecule has 4 nitrogen and oxygen atoms in total. The molecule has 2 atom stereocenters. The molecule has 2 fully saturated rings. The Hall–Kier alpha value is -0.610. The number of nitrogens with one attached hydrogen (secondary N) is 1. The highest BCUT2D eigenvalue weighted by atomic mass is 16.5. The molecule has 0 spiro atoms. The molecule has 0 aromatic heterocycles. The number of amides is 1. The Morgan fingerprint density at radius 3 is 3.07 bits per heavy atom. The third kappa shape index (κ3) is 2.07. The minimum atomic E-state index is 0.0697. The van der Waals surface area contributed by atoms with Crippen molar-refractivity contribution >= 4 is 5.91 Å². The first kappa shape index (κ1) is 9.93. The molecule has 1 amide bonds. The van der Waals surface area contributed by atoms with Gasteiger partial charge in [-0.15, -0.1) is 0 Å². The van der Waals surface area contributed by atoms with Gasteiger partial charge in [0.05, 0.1) is 18.8 Å². The number of ether oxygens (including phenoxy) is 1. The molecule has 4 heteroatoms. The maximum Gasteiger partial charge on any atom is 0.239 e. The van der Waals surface area contributed by atoms with Crippen LogP contribution in [-0.4, -0.2) is 49.2 Å². The summed E-state index contributed by atoms with van der Waals surface area (Å²) in [6.07, 6.45) is 2.30. The van der Waals surface area contributed by atoms with Crippen LogP contribution in [0.2, 0.25) is 0 Å². The second kappa shape index (κ2) is 4.28. The minimum Gasteiger partial charge on any atom is -0.375 e. The molecule has 0 aliphatic carbocycles. The molecule has 2 heterocycles. The molecule has 0 radical (unpaired) electrons. The Morgan fingerprint density at radius 2 is 2.43 bits per heavy atom. The Bertz CT molecular complexity index is 214. The van der Waals surface area contributed by atoms with Gasteiger partial charge in [0, 0.05) is 13.1 Å². The molecule has 0 saturated carbocycles. The zero-order chi connectivity index (χ0) is 9.97. The summed E-state index contributed by atoms with van der Waals surface area (Å²) in [6.45, 7) is 5.18. The highest BCUT2D eigenvalue weighted by molar-refractivity contribution is 5.82. The van der Waals surface area contributed by atoms with Gasteiger partial charge in [0.15, 0.2) is 0 Å². The van der Waals surface area contributed by atoms with Crippen LogP contribution in [-0.2, 0) is 9.53 Å². The molecule has 14 heavy (non-hydrogen) atoms. The van der Waals surface area contributed by atoms with Gasteiger partial charge < -0.3 is 15.0 Å². The van der Waals surface area contributed by atoms with E-state index in [0.717, 1.165) is 32.5 Å². The van der Waals surface area contributed by atoms with Gasteiger partial charge in [0.1, 0.15) is 0 Å². The fourth-order valence-corrected chi connectivity index (χ4v) is 2.13. The summed E-state index contributed by atoms with van der Waals surface area (Å²) in [6, 6.07) is 0.0697. The first-order valence-electron chi connectivity index (χ1n) is 5.41. The number of carbonyl (C=O) groups is 1. The summed E-state index contributed by atoms with van der Waals surface area (Å²) >= 11 is 0. The number of nitrogens with zero attached hydrogens (tertiary/aromatic N) is 1. The molecule has 2 aliphatic rings. The predicted molar refractivity (Wildman–Crippen MR) is 53.0 cm³/mol. The zero-order valence-electron chi connectivity index (χ0n) is 8.66. The molecular weight excluding hydrogens is 180 g/mol. The maximum absolute atomic E-state index is 12.0. The number of carbonyl (C=O) groups excluding carboxylic acids is 1. The lowest BCUT2D eigenvalue weighted by Gasteiger charge is -2.32. The Labute approximate surface area is 84.6 Å². The average molecular weight is 198 g/mol. The smallest absolute Gasteiger partial charge is 0.239 e. The molecule has 80 valence electrons. The lowest BCUT2D eigenvalue weighted by molar-refractivity contribution is -0.140. The topological polar surface area (TPSA) is 41.6 Å². The molecule has 0 aromatic carbocycles. The number of hydrogen-bond acceptors (Lipinski definition) is 3. The monoisotopic (exact) mass is 198 g/mol. The largest absolute Gasteiger partial charge is 0.375 e. The van der Waals surface area contributed by atoms with Gasteiger partial charge in [-0.2, -0.15) is 0 Å². The van der Waals surface area contributed by atoms with E-state index in [-0.39, 0.29) is 18.1 Å². The van der Waals surface area contributed by atoms with Crippen LogP contribution in [0.1, 0.15) is 19.8 Å². The predicted octanol–water partition coefficient (Wildman–Crippen LogP) is -0.0143. The van der Waals surface area contributed by atoms with Gasteiger partial charge in [-0.3, -0.25) is 4.79 Å². The minimum absolute atomic E-state index is 0.0697. The van der Waals surface area contributed by atoms with Crippen molar-refractivity contribution in [2.45, 2.75) is 31.9 Å². The van der Waals surface area contributed by atoms with Gasteiger partial charge in [0.25, 0.3) is 0 Å². The number of hydrogen-bond donors (Lipinski definition) is 1. The van der Waals surface area contributed by atoms with E-state index in [2.05, 4.69) is 5.32 Å². The fraction of sp³-hybridized carbons (Fsp3) is 0.900. The normalized spacial score (nSPS) is 33.4. The summed E-state index contributed by atoms with van der Waals surface area (Å²) in [5.74, 6) is 0.262.